The SMILES string of the molecule is Cc1ccc(Oc2ncn(C)n2)c(C(=O)O)c1. The summed E-state index contributed by atoms with van der Waals surface area (Å²) in [4.78, 5) is 14.9. The topological polar surface area (TPSA) is 77.2 Å². The first-order valence-corrected chi connectivity index (χ1v) is 4.93. The van der Waals surface area contributed by atoms with Gasteiger partial charge in [0.2, 0.25) is 0 Å². The van der Waals surface area contributed by atoms with Gasteiger partial charge in [-0.3, -0.25) is 4.68 Å². The predicted octanol–water partition coefficient (Wildman–Crippen LogP) is 1.61. The molecule has 17 heavy (non-hydrogen) atoms. The molecule has 1 heterocycles. The van der Waals surface area contributed by atoms with Gasteiger partial charge >= 0.3 is 12.0 Å². The van der Waals surface area contributed by atoms with E-state index in [9.17, 15) is 4.79 Å². The fraction of sp³-hybridized carbons (Fsp3) is 0.182. The third-order valence-corrected chi connectivity index (χ3v) is 2.15. The highest BCUT2D eigenvalue weighted by Crippen LogP contribution is 2.23. The molecule has 0 atom stereocenters. The first-order valence-electron chi connectivity index (χ1n) is 4.93. The van der Waals surface area contributed by atoms with E-state index in [1.54, 1.807) is 25.2 Å². The molecule has 2 rings (SSSR count). The van der Waals surface area contributed by atoms with E-state index < -0.39 is 5.97 Å². The molecule has 1 N–H and O–H groups in total. The number of aromatic nitrogens is 3. The first kappa shape index (κ1) is 11.1. The van der Waals surface area contributed by atoms with Crippen LogP contribution in [-0.4, -0.2) is 25.8 Å². The molecule has 0 aliphatic heterocycles. The van der Waals surface area contributed by atoms with Crippen LogP contribution in [0.1, 0.15) is 15.9 Å². The zero-order valence-electron chi connectivity index (χ0n) is 9.41. The van der Waals surface area contributed by atoms with Crippen molar-refractivity contribution in [1.82, 2.24) is 14.8 Å². The maximum Gasteiger partial charge on any atom is 0.341 e. The Kier molecular flexibility index (Phi) is 2.78. The molecule has 0 aliphatic rings. The summed E-state index contributed by atoms with van der Waals surface area (Å²) in [5.74, 6) is -0.811. The quantitative estimate of drug-likeness (QED) is 0.871. The zero-order valence-corrected chi connectivity index (χ0v) is 9.41. The number of carboxylic acid groups (broad SMARTS) is 1. The van der Waals surface area contributed by atoms with E-state index in [1.165, 1.54) is 11.0 Å². The number of benzene rings is 1. The van der Waals surface area contributed by atoms with E-state index in [-0.39, 0.29) is 17.3 Å². The van der Waals surface area contributed by atoms with Gasteiger partial charge in [0.1, 0.15) is 17.6 Å². The fourth-order valence-corrected chi connectivity index (χ4v) is 1.36. The Morgan fingerprint density at radius 2 is 2.24 bits per heavy atom. The standard InChI is InChI=1S/C11H11N3O3/c1-7-3-4-9(8(5-7)10(15)16)17-11-12-6-14(2)13-11/h3-6H,1-2H3,(H,15,16). The Bertz CT molecular complexity index is 563. The van der Waals surface area contributed by atoms with Crippen molar-refractivity contribution < 1.29 is 14.6 Å². The van der Waals surface area contributed by atoms with Crippen molar-refractivity contribution in [2.24, 2.45) is 7.05 Å². The van der Waals surface area contributed by atoms with Gasteiger partial charge in [0.15, 0.2) is 0 Å². The molecule has 6 heteroatoms. The minimum Gasteiger partial charge on any atom is -0.478 e. The van der Waals surface area contributed by atoms with Crippen LogP contribution in [0.15, 0.2) is 24.5 Å². The average Bonchev–Trinajstić information content (AvgIpc) is 2.66. The van der Waals surface area contributed by atoms with Crippen molar-refractivity contribution in [3.63, 3.8) is 0 Å². The van der Waals surface area contributed by atoms with Crippen LogP contribution in [0.4, 0.5) is 0 Å². The predicted molar refractivity (Wildman–Crippen MR) is 59.2 cm³/mol. The molecule has 0 saturated carbocycles. The zero-order chi connectivity index (χ0) is 12.4. The van der Waals surface area contributed by atoms with E-state index in [0.29, 0.717) is 0 Å². The largest absolute Gasteiger partial charge is 0.478 e. The molecule has 0 saturated heterocycles. The number of nitrogens with zero attached hydrogens (tertiary/aromatic N) is 3. The molecule has 0 bridgehead atoms. The second-order valence-corrected chi connectivity index (χ2v) is 3.61. The number of aromatic carboxylic acids is 1. The second-order valence-electron chi connectivity index (χ2n) is 3.61. The maximum absolute atomic E-state index is 11.0. The Balaban J connectivity index is 2.35. The summed E-state index contributed by atoms with van der Waals surface area (Å²) in [5.41, 5.74) is 0.946. The number of rotatable bonds is 3. The summed E-state index contributed by atoms with van der Waals surface area (Å²) >= 11 is 0. The van der Waals surface area contributed by atoms with Gasteiger partial charge in [-0.05, 0) is 19.1 Å². The average molecular weight is 233 g/mol. The van der Waals surface area contributed by atoms with Crippen LogP contribution in [0.3, 0.4) is 0 Å². The van der Waals surface area contributed by atoms with E-state index in [2.05, 4.69) is 10.1 Å². The second kappa shape index (κ2) is 4.25. The molecular formula is C11H11N3O3. The number of hydrogen-bond acceptors (Lipinski definition) is 4. The van der Waals surface area contributed by atoms with Crippen LogP contribution in [0.5, 0.6) is 11.8 Å². The van der Waals surface area contributed by atoms with Crippen LogP contribution >= 0.6 is 0 Å². The summed E-state index contributed by atoms with van der Waals surface area (Å²) in [6, 6.07) is 5.03. The number of aryl methyl sites for hydroxylation is 2. The minimum atomic E-state index is -1.04. The van der Waals surface area contributed by atoms with E-state index in [4.69, 9.17) is 9.84 Å². The summed E-state index contributed by atoms with van der Waals surface area (Å²) < 4.78 is 6.80. The molecule has 0 unspecified atom stereocenters. The molecule has 0 amide bonds. The third kappa shape index (κ3) is 2.41. The maximum atomic E-state index is 11.0. The highest BCUT2D eigenvalue weighted by atomic mass is 16.5. The van der Waals surface area contributed by atoms with Crippen molar-refractivity contribution in [2.75, 3.05) is 0 Å². The normalized spacial score (nSPS) is 10.2. The summed E-state index contributed by atoms with van der Waals surface area (Å²) in [6.45, 7) is 1.81. The number of hydrogen-bond donors (Lipinski definition) is 1. The van der Waals surface area contributed by atoms with Crippen LogP contribution in [-0.2, 0) is 7.05 Å². The highest BCUT2D eigenvalue weighted by molar-refractivity contribution is 5.91. The van der Waals surface area contributed by atoms with Gasteiger partial charge in [0.25, 0.3) is 0 Å². The summed E-state index contributed by atoms with van der Waals surface area (Å²) in [6.07, 6.45) is 1.48. The van der Waals surface area contributed by atoms with E-state index >= 15 is 0 Å². The lowest BCUT2D eigenvalue weighted by molar-refractivity contribution is 0.0694. The molecule has 0 spiro atoms. The van der Waals surface area contributed by atoms with Crippen molar-refractivity contribution in [1.29, 1.82) is 0 Å². The molecule has 0 fully saturated rings. The minimum absolute atomic E-state index is 0.0949. The van der Waals surface area contributed by atoms with Crippen LogP contribution in [0.25, 0.3) is 0 Å². The molecular weight excluding hydrogens is 222 g/mol. The van der Waals surface area contributed by atoms with Crippen LogP contribution in [0, 0.1) is 6.92 Å². The van der Waals surface area contributed by atoms with Gasteiger partial charge in [-0.2, -0.15) is 4.98 Å². The summed E-state index contributed by atoms with van der Waals surface area (Å²) in [5, 5.41) is 13.0. The molecule has 0 radical (unpaired) electrons. The number of ether oxygens (including phenoxy) is 1. The summed E-state index contributed by atoms with van der Waals surface area (Å²) in [7, 11) is 1.70. The van der Waals surface area contributed by atoms with Crippen molar-refractivity contribution in [2.45, 2.75) is 6.92 Å². The van der Waals surface area contributed by atoms with Gasteiger partial charge in [0, 0.05) is 7.05 Å². The first-order chi connectivity index (χ1) is 8.06. The molecule has 0 aliphatic carbocycles. The van der Waals surface area contributed by atoms with Crippen molar-refractivity contribution in [3.05, 3.63) is 35.7 Å². The van der Waals surface area contributed by atoms with Gasteiger partial charge in [-0.25, -0.2) is 4.79 Å². The fourth-order valence-electron chi connectivity index (χ4n) is 1.36. The lowest BCUT2D eigenvalue weighted by atomic mass is 10.1. The van der Waals surface area contributed by atoms with Crippen LogP contribution in [0.2, 0.25) is 0 Å². The molecule has 6 nitrogen and oxygen atoms in total. The molecule has 1 aromatic heterocycles. The molecule has 2 aromatic rings. The molecule has 88 valence electrons. The lowest BCUT2D eigenvalue weighted by Crippen LogP contribution is -2.01. The van der Waals surface area contributed by atoms with Crippen molar-refractivity contribution >= 4 is 5.97 Å². The smallest absolute Gasteiger partial charge is 0.341 e. The Hall–Kier alpha value is -2.37. The number of carbonyl (C=O) groups is 1. The Labute approximate surface area is 97.5 Å². The van der Waals surface area contributed by atoms with Crippen molar-refractivity contribution in [3.8, 4) is 11.8 Å². The lowest BCUT2D eigenvalue weighted by Gasteiger charge is -2.05. The third-order valence-electron chi connectivity index (χ3n) is 2.15. The van der Waals surface area contributed by atoms with Gasteiger partial charge in [-0.15, -0.1) is 5.10 Å². The monoisotopic (exact) mass is 233 g/mol. The van der Waals surface area contributed by atoms with Gasteiger partial charge in [-0.1, -0.05) is 11.6 Å². The Morgan fingerprint density at radius 1 is 1.47 bits per heavy atom. The van der Waals surface area contributed by atoms with E-state index in [0.717, 1.165) is 5.56 Å². The van der Waals surface area contributed by atoms with E-state index in [1.807, 2.05) is 6.92 Å². The number of carboxylic acids is 1. The van der Waals surface area contributed by atoms with Gasteiger partial charge < -0.3 is 9.84 Å². The van der Waals surface area contributed by atoms with Gasteiger partial charge in [0.05, 0.1) is 0 Å². The molecule has 1 aromatic carbocycles. The highest BCUT2D eigenvalue weighted by Gasteiger charge is 2.13. The van der Waals surface area contributed by atoms with Crippen LogP contribution < -0.4 is 4.74 Å². The Morgan fingerprint density at radius 3 is 2.82 bits per heavy atom.